The summed E-state index contributed by atoms with van der Waals surface area (Å²) in [5, 5.41) is 10.1. The first kappa shape index (κ1) is 28.4. The Bertz CT molecular complexity index is 1730. The van der Waals surface area contributed by atoms with Crippen LogP contribution in [0.5, 0.6) is 0 Å². The standard InChI is InChI=1S/C33H32N4O5S/c1-23-26-22-25(13-14-30(26)42-31(23)33(39)40)43(41)37(17-15-24-8-3-2-4-9-24)29-12-6-5-11-28(29)35-18-20-36(21-19-35)32(38)27-10-7-16-34-27/h2-14,16,22,34H,15,17-21H2,1H3,(H,39,40). The number of rotatable bonds is 9. The van der Waals surface area contributed by atoms with E-state index in [1.54, 1.807) is 37.4 Å². The molecule has 1 saturated heterocycles. The van der Waals surface area contributed by atoms with Crippen LogP contribution in [0.2, 0.25) is 0 Å². The van der Waals surface area contributed by atoms with Gasteiger partial charge in [0.1, 0.15) is 28.3 Å². The van der Waals surface area contributed by atoms with Gasteiger partial charge in [-0.25, -0.2) is 4.79 Å². The van der Waals surface area contributed by atoms with Crippen LogP contribution in [0.3, 0.4) is 0 Å². The largest absolute Gasteiger partial charge is 0.588 e. The molecule has 9 nitrogen and oxygen atoms in total. The summed E-state index contributed by atoms with van der Waals surface area (Å²) >= 11 is -1.61. The lowest BCUT2D eigenvalue weighted by atomic mass is 10.1. The zero-order valence-corrected chi connectivity index (χ0v) is 24.5. The number of amides is 1. The van der Waals surface area contributed by atoms with Gasteiger partial charge in [0.15, 0.2) is 4.90 Å². The minimum Gasteiger partial charge on any atom is -0.588 e. The predicted octanol–water partition coefficient (Wildman–Crippen LogP) is 5.50. The molecule has 10 heteroatoms. The van der Waals surface area contributed by atoms with E-state index in [4.69, 9.17) is 4.42 Å². The summed E-state index contributed by atoms with van der Waals surface area (Å²) in [6.07, 6.45) is 2.43. The van der Waals surface area contributed by atoms with Crippen LogP contribution >= 0.6 is 0 Å². The Hall–Kier alpha value is -4.67. The number of carbonyl (C=O) groups is 2. The molecule has 1 unspecified atom stereocenters. The van der Waals surface area contributed by atoms with E-state index in [9.17, 15) is 19.2 Å². The van der Waals surface area contributed by atoms with Crippen molar-refractivity contribution in [3.63, 3.8) is 0 Å². The number of hydrogen-bond donors (Lipinski definition) is 2. The summed E-state index contributed by atoms with van der Waals surface area (Å²) in [5.74, 6) is -1.26. The number of hydrogen-bond acceptors (Lipinski definition) is 6. The van der Waals surface area contributed by atoms with Gasteiger partial charge in [-0.15, -0.1) is 0 Å². The Morgan fingerprint density at radius 1 is 0.977 bits per heavy atom. The number of aromatic nitrogens is 1. The molecular formula is C33H32N4O5S. The lowest BCUT2D eigenvalue weighted by Gasteiger charge is -2.38. The van der Waals surface area contributed by atoms with Gasteiger partial charge >= 0.3 is 5.97 Å². The number of aromatic amines is 1. The highest BCUT2D eigenvalue weighted by atomic mass is 32.2. The minimum atomic E-state index is -1.61. The second-order valence-corrected chi connectivity index (χ2v) is 11.9. The van der Waals surface area contributed by atoms with Gasteiger partial charge in [0.2, 0.25) is 5.76 Å². The van der Waals surface area contributed by atoms with E-state index in [1.165, 1.54) is 0 Å². The number of H-pyrrole nitrogens is 1. The van der Waals surface area contributed by atoms with Crippen molar-refractivity contribution >= 4 is 45.6 Å². The molecule has 3 aromatic carbocycles. The Morgan fingerprint density at radius 3 is 2.44 bits per heavy atom. The Kier molecular flexibility index (Phi) is 8.13. The van der Waals surface area contributed by atoms with Gasteiger partial charge in [-0.3, -0.25) is 4.79 Å². The predicted molar refractivity (Wildman–Crippen MR) is 167 cm³/mol. The number of para-hydroxylation sites is 2. The summed E-state index contributed by atoms with van der Waals surface area (Å²) in [7, 11) is 0. The van der Waals surface area contributed by atoms with Gasteiger partial charge in [0.05, 0.1) is 12.2 Å². The minimum absolute atomic E-state index is 0.0143. The van der Waals surface area contributed by atoms with Crippen molar-refractivity contribution in [3.8, 4) is 0 Å². The number of benzene rings is 3. The number of aromatic carboxylic acids is 1. The van der Waals surface area contributed by atoms with E-state index in [1.807, 2.05) is 57.7 Å². The van der Waals surface area contributed by atoms with E-state index in [2.05, 4.69) is 22.0 Å². The second-order valence-electron chi connectivity index (χ2n) is 10.5. The lowest BCUT2D eigenvalue weighted by Crippen LogP contribution is -2.49. The van der Waals surface area contributed by atoms with Crippen LogP contribution < -0.4 is 9.21 Å². The smallest absolute Gasteiger partial charge is 0.372 e. The van der Waals surface area contributed by atoms with Crippen LogP contribution in [0.4, 0.5) is 11.4 Å². The SMILES string of the molecule is Cc1c(C(=O)O)oc2ccc([S+]([O-])N(CCc3ccccc3)c3ccccc3N3CCN(C(=O)c4ccc[nH]4)CC3)cc12. The molecule has 0 bridgehead atoms. The van der Waals surface area contributed by atoms with E-state index in [0.29, 0.717) is 66.3 Å². The maximum atomic E-state index is 14.4. The molecule has 0 saturated carbocycles. The van der Waals surface area contributed by atoms with Crippen molar-refractivity contribution in [2.75, 3.05) is 41.9 Å². The number of fused-ring (bicyclic) bond motifs is 1. The highest BCUT2D eigenvalue weighted by Crippen LogP contribution is 2.36. The average molecular weight is 597 g/mol. The summed E-state index contributed by atoms with van der Waals surface area (Å²) in [5.41, 5.74) is 4.44. The van der Waals surface area contributed by atoms with Crippen LogP contribution in [-0.2, 0) is 17.8 Å². The molecule has 1 aliphatic rings. The van der Waals surface area contributed by atoms with Crippen LogP contribution in [-0.4, -0.2) is 64.1 Å². The van der Waals surface area contributed by atoms with Gasteiger partial charge in [0, 0.05) is 49.4 Å². The highest BCUT2D eigenvalue weighted by Gasteiger charge is 2.30. The normalized spacial score (nSPS) is 14.2. The maximum absolute atomic E-state index is 14.4. The van der Waals surface area contributed by atoms with Crippen LogP contribution in [0.15, 0.2) is 100 Å². The first-order valence-electron chi connectivity index (χ1n) is 14.2. The van der Waals surface area contributed by atoms with Gasteiger partial charge in [-0.2, -0.15) is 4.31 Å². The third-order valence-electron chi connectivity index (χ3n) is 7.84. The van der Waals surface area contributed by atoms with E-state index >= 15 is 0 Å². The molecular weight excluding hydrogens is 564 g/mol. The molecule has 0 aliphatic carbocycles. The van der Waals surface area contributed by atoms with Crippen molar-refractivity contribution in [3.05, 3.63) is 114 Å². The number of nitrogens with one attached hydrogen (secondary N) is 1. The molecule has 1 amide bonds. The zero-order valence-electron chi connectivity index (χ0n) is 23.7. The fraction of sp³-hybridized carbons (Fsp3) is 0.212. The van der Waals surface area contributed by atoms with Gasteiger partial charge < -0.3 is 28.9 Å². The number of aryl methyl sites for hydroxylation is 1. The first-order chi connectivity index (χ1) is 20.9. The molecule has 3 heterocycles. The van der Waals surface area contributed by atoms with Crippen molar-refractivity contribution in [1.82, 2.24) is 9.88 Å². The van der Waals surface area contributed by atoms with Crippen molar-refractivity contribution < 1.29 is 23.7 Å². The van der Waals surface area contributed by atoms with Crippen molar-refractivity contribution in [2.45, 2.75) is 18.2 Å². The molecule has 0 spiro atoms. The van der Waals surface area contributed by atoms with Crippen LogP contribution in [0.25, 0.3) is 11.0 Å². The quantitative estimate of drug-likeness (QED) is 0.216. The highest BCUT2D eigenvalue weighted by molar-refractivity contribution is 7.92. The number of carbonyl (C=O) groups excluding carboxylic acids is 1. The molecule has 2 aromatic heterocycles. The van der Waals surface area contributed by atoms with Gasteiger partial charge in [-0.05, 0) is 55.3 Å². The molecule has 6 rings (SSSR count). The topological polar surface area (TPSA) is 116 Å². The average Bonchev–Trinajstić information content (AvgIpc) is 3.70. The number of anilines is 2. The monoisotopic (exact) mass is 596 g/mol. The summed E-state index contributed by atoms with van der Waals surface area (Å²) in [6, 6.07) is 26.8. The van der Waals surface area contributed by atoms with Crippen LogP contribution in [0.1, 0.15) is 32.2 Å². The first-order valence-corrected chi connectivity index (χ1v) is 15.3. The van der Waals surface area contributed by atoms with E-state index in [0.717, 1.165) is 16.9 Å². The fourth-order valence-electron chi connectivity index (χ4n) is 5.53. The molecule has 2 N–H and O–H groups in total. The molecule has 1 fully saturated rings. The number of piperazine rings is 1. The second kappa shape index (κ2) is 12.3. The third kappa shape index (κ3) is 5.84. The van der Waals surface area contributed by atoms with E-state index < -0.39 is 17.3 Å². The number of carboxylic acid groups (broad SMARTS) is 1. The molecule has 220 valence electrons. The molecule has 5 aromatic rings. The number of carboxylic acids is 1. The number of furan rings is 1. The molecule has 1 aliphatic heterocycles. The third-order valence-corrected chi connectivity index (χ3v) is 9.27. The Balaban J connectivity index is 1.31. The fourth-order valence-corrected chi connectivity index (χ4v) is 6.78. The maximum Gasteiger partial charge on any atom is 0.372 e. The molecule has 0 radical (unpaired) electrons. The molecule has 1 atom stereocenters. The zero-order chi connectivity index (χ0) is 29.9. The molecule has 43 heavy (non-hydrogen) atoms. The van der Waals surface area contributed by atoms with E-state index in [-0.39, 0.29) is 11.7 Å². The van der Waals surface area contributed by atoms with Crippen molar-refractivity contribution in [2.24, 2.45) is 0 Å². The summed E-state index contributed by atoms with van der Waals surface area (Å²) in [6.45, 7) is 4.61. The van der Waals surface area contributed by atoms with Crippen molar-refractivity contribution in [1.29, 1.82) is 0 Å². The van der Waals surface area contributed by atoms with Crippen LogP contribution in [0, 0.1) is 6.92 Å². The summed E-state index contributed by atoms with van der Waals surface area (Å²) < 4.78 is 21.8. The van der Waals surface area contributed by atoms with Gasteiger partial charge in [0.25, 0.3) is 5.91 Å². The summed E-state index contributed by atoms with van der Waals surface area (Å²) in [4.78, 5) is 32.2. The Labute approximate surface area is 252 Å². The number of nitrogens with zero attached hydrogens (tertiary/aromatic N) is 3. The van der Waals surface area contributed by atoms with Gasteiger partial charge in [-0.1, -0.05) is 42.5 Å². The lowest BCUT2D eigenvalue weighted by molar-refractivity contribution is 0.0663. The Morgan fingerprint density at radius 2 is 1.72 bits per heavy atom.